The van der Waals surface area contributed by atoms with Crippen molar-refractivity contribution in [3.05, 3.63) is 89.5 Å². The molecule has 0 bridgehead atoms. The van der Waals surface area contributed by atoms with Gasteiger partial charge in [-0.1, -0.05) is 48.0 Å². The Bertz CT molecular complexity index is 1090. The van der Waals surface area contributed by atoms with Gasteiger partial charge in [-0.15, -0.1) is 0 Å². The maximum atomic E-state index is 13.7. The number of amides is 2. The second-order valence-corrected chi connectivity index (χ2v) is 7.60. The van der Waals surface area contributed by atoms with Gasteiger partial charge < -0.3 is 10.1 Å². The number of nitrogens with zero attached hydrogens (tertiary/aromatic N) is 1. The molecular weight excluding hydrogens is 376 g/mol. The lowest BCUT2D eigenvalue weighted by molar-refractivity contribution is -0.137. The van der Waals surface area contributed by atoms with Crippen LogP contribution in [0.25, 0.3) is 0 Å². The van der Waals surface area contributed by atoms with Gasteiger partial charge in [-0.3, -0.25) is 14.5 Å². The van der Waals surface area contributed by atoms with Crippen LogP contribution in [0, 0.1) is 13.8 Å². The molecule has 2 amide bonds. The molecule has 1 aliphatic heterocycles. The van der Waals surface area contributed by atoms with E-state index in [2.05, 4.69) is 5.32 Å². The van der Waals surface area contributed by atoms with Crippen LogP contribution in [0.5, 0.6) is 5.75 Å². The number of nitrogens with one attached hydrogen (secondary N) is 1. The summed E-state index contributed by atoms with van der Waals surface area (Å²) in [6, 6.07) is 22.6. The van der Waals surface area contributed by atoms with Gasteiger partial charge in [-0.25, -0.2) is 0 Å². The number of rotatable bonds is 5. The summed E-state index contributed by atoms with van der Waals surface area (Å²) in [5.41, 5.74) is 3.11. The average Bonchev–Trinajstić information content (AvgIpc) is 2.75. The third kappa shape index (κ3) is 3.22. The Labute approximate surface area is 176 Å². The zero-order valence-electron chi connectivity index (χ0n) is 17.3. The Morgan fingerprint density at radius 1 is 0.967 bits per heavy atom. The zero-order valence-corrected chi connectivity index (χ0v) is 17.3. The SMILES string of the molecule is COc1ccc(C2(C(=O)Nc3ccccc3C)CC(=O)N2c2ccc(C)cc2)cc1. The number of ether oxygens (including phenoxy) is 1. The molecule has 30 heavy (non-hydrogen) atoms. The molecule has 0 radical (unpaired) electrons. The third-order valence-corrected chi connectivity index (χ3v) is 5.67. The fourth-order valence-electron chi connectivity index (χ4n) is 3.91. The molecule has 0 spiro atoms. The number of carbonyl (C=O) groups excluding carboxylic acids is 2. The van der Waals surface area contributed by atoms with E-state index >= 15 is 0 Å². The van der Waals surface area contributed by atoms with E-state index < -0.39 is 5.54 Å². The molecule has 3 aromatic carbocycles. The van der Waals surface area contributed by atoms with Gasteiger partial charge in [0, 0.05) is 11.4 Å². The van der Waals surface area contributed by atoms with Gasteiger partial charge >= 0.3 is 0 Å². The fourth-order valence-corrected chi connectivity index (χ4v) is 3.91. The lowest BCUT2D eigenvalue weighted by atomic mass is 9.76. The van der Waals surface area contributed by atoms with E-state index in [9.17, 15) is 9.59 Å². The maximum Gasteiger partial charge on any atom is 0.255 e. The van der Waals surface area contributed by atoms with Crippen molar-refractivity contribution in [3.8, 4) is 5.75 Å². The van der Waals surface area contributed by atoms with Crippen molar-refractivity contribution in [1.82, 2.24) is 0 Å². The minimum atomic E-state index is -1.12. The van der Waals surface area contributed by atoms with E-state index in [-0.39, 0.29) is 18.2 Å². The minimum absolute atomic E-state index is 0.0883. The van der Waals surface area contributed by atoms with Gasteiger partial charge in [0.1, 0.15) is 5.75 Å². The minimum Gasteiger partial charge on any atom is -0.497 e. The van der Waals surface area contributed by atoms with E-state index in [4.69, 9.17) is 4.74 Å². The van der Waals surface area contributed by atoms with Crippen LogP contribution in [0.15, 0.2) is 72.8 Å². The van der Waals surface area contributed by atoms with Crippen LogP contribution in [0.3, 0.4) is 0 Å². The van der Waals surface area contributed by atoms with Gasteiger partial charge in [0.05, 0.1) is 13.5 Å². The van der Waals surface area contributed by atoms with Crippen LogP contribution in [0.4, 0.5) is 11.4 Å². The molecule has 5 nitrogen and oxygen atoms in total. The van der Waals surface area contributed by atoms with E-state index in [1.807, 2.05) is 86.6 Å². The highest BCUT2D eigenvalue weighted by molar-refractivity contribution is 6.17. The molecule has 3 aromatic rings. The van der Waals surface area contributed by atoms with E-state index in [1.54, 1.807) is 12.0 Å². The quantitative estimate of drug-likeness (QED) is 0.638. The zero-order chi connectivity index (χ0) is 21.3. The largest absolute Gasteiger partial charge is 0.497 e. The summed E-state index contributed by atoms with van der Waals surface area (Å²) < 4.78 is 5.27. The third-order valence-electron chi connectivity index (χ3n) is 5.67. The Balaban J connectivity index is 1.80. The highest BCUT2D eigenvalue weighted by Gasteiger charge is 2.58. The molecule has 152 valence electrons. The number of hydrogen-bond acceptors (Lipinski definition) is 3. The monoisotopic (exact) mass is 400 g/mol. The van der Waals surface area contributed by atoms with Crippen LogP contribution >= 0.6 is 0 Å². The molecule has 4 rings (SSSR count). The molecular formula is C25H24N2O3. The van der Waals surface area contributed by atoms with Crippen molar-refractivity contribution in [3.63, 3.8) is 0 Å². The van der Waals surface area contributed by atoms with Crippen LogP contribution in [-0.2, 0) is 15.1 Å². The van der Waals surface area contributed by atoms with E-state index in [0.717, 1.165) is 22.4 Å². The molecule has 1 heterocycles. The summed E-state index contributed by atoms with van der Waals surface area (Å²) in [5.74, 6) is 0.373. The predicted octanol–water partition coefficient (Wildman–Crippen LogP) is 4.58. The maximum absolute atomic E-state index is 13.7. The van der Waals surface area contributed by atoms with E-state index in [1.165, 1.54) is 0 Å². The van der Waals surface area contributed by atoms with Crippen molar-refractivity contribution >= 4 is 23.2 Å². The number of benzene rings is 3. The standard InChI is InChI=1S/C25H24N2O3/c1-17-8-12-20(13-9-17)27-23(28)16-25(27,19-10-14-21(30-3)15-11-19)24(29)26-22-7-5-4-6-18(22)2/h4-15H,16H2,1-3H3,(H,26,29). The first-order valence-corrected chi connectivity index (χ1v) is 9.87. The number of hydrogen-bond donors (Lipinski definition) is 1. The summed E-state index contributed by atoms with van der Waals surface area (Å²) in [7, 11) is 1.60. The molecule has 1 saturated heterocycles. The van der Waals surface area contributed by atoms with Crippen molar-refractivity contribution < 1.29 is 14.3 Å². The molecule has 0 aliphatic carbocycles. The van der Waals surface area contributed by atoms with Crippen molar-refractivity contribution in [2.45, 2.75) is 25.8 Å². The summed E-state index contributed by atoms with van der Waals surface area (Å²) in [6.07, 6.45) is 0.102. The average molecular weight is 400 g/mol. The van der Waals surface area contributed by atoms with Crippen LogP contribution in [0.1, 0.15) is 23.1 Å². The molecule has 1 unspecified atom stereocenters. The predicted molar refractivity (Wildman–Crippen MR) is 118 cm³/mol. The molecule has 0 aromatic heterocycles. The second kappa shape index (κ2) is 7.67. The van der Waals surface area contributed by atoms with Crippen LogP contribution in [-0.4, -0.2) is 18.9 Å². The first kappa shape index (κ1) is 19.7. The molecule has 5 heteroatoms. The Hall–Kier alpha value is -3.60. The first-order chi connectivity index (χ1) is 14.5. The number of carbonyl (C=O) groups is 2. The van der Waals surface area contributed by atoms with Gasteiger partial charge in [-0.05, 0) is 55.3 Å². The Morgan fingerprint density at radius 3 is 2.23 bits per heavy atom. The topological polar surface area (TPSA) is 58.6 Å². The molecule has 1 aliphatic rings. The smallest absolute Gasteiger partial charge is 0.255 e. The number of methoxy groups -OCH3 is 1. The fraction of sp³-hybridized carbons (Fsp3) is 0.200. The van der Waals surface area contributed by atoms with Crippen LogP contribution < -0.4 is 15.0 Å². The molecule has 1 fully saturated rings. The van der Waals surface area contributed by atoms with Crippen LogP contribution in [0.2, 0.25) is 0 Å². The lowest BCUT2D eigenvalue weighted by Crippen LogP contribution is -2.67. The van der Waals surface area contributed by atoms with Gasteiger partial charge in [0.2, 0.25) is 5.91 Å². The summed E-state index contributed by atoms with van der Waals surface area (Å²) in [6.45, 7) is 3.93. The van der Waals surface area contributed by atoms with E-state index in [0.29, 0.717) is 11.4 Å². The van der Waals surface area contributed by atoms with Crippen molar-refractivity contribution in [2.24, 2.45) is 0 Å². The normalized spacial score (nSPS) is 18.0. The summed E-state index contributed by atoms with van der Waals surface area (Å²) in [4.78, 5) is 28.1. The summed E-state index contributed by atoms with van der Waals surface area (Å²) >= 11 is 0. The van der Waals surface area contributed by atoms with Crippen molar-refractivity contribution in [2.75, 3.05) is 17.3 Å². The second-order valence-electron chi connectivity index (χ2n) is 7.60. The molecule has 0 saturated carbocycles. The Kier molecular flexibility index (Phi) is 5.04. The van der Waals surface area contributed by atoms with Gasteiger partial charge in [0.25, 0.3) is 5.91 Å². The molecule has 1 atom stereocenters. The number of β-lactam (4-membered cyclic amide) rings is 1. The highest BCUT2D eigenvalue weighted by atomic mass is 16.5. The van der Waals surface area contributed by atoms with Gasteiger partial charge in [0.15, 0.2) is 5.54 Å². The van der Waals surface area contributed by atoms with Crippen molar-refractivity contribution in [1.29, 1.82) is 0 Å². The first-order valence-electron chi connectivity index (χ1n) is 9.87. The Morgan fingerprint density at radius 2 is 1.63 bits per heavy atom. The number of aryl methyl sites for hydroxylation is 2. The lowest BCUT2D eigenvalue weighted by Gasteiger charge is -2.50. The summed E-state index contributed by atoms with van der Waals surface area (Å²) in [5, 5.41) is 3.05. The highest BCUT2D eigenvalue weighted by Crippen LogP contribution is 2.46. The molecule has 1 N–H and O–H groups in total. The number of para-hydroxylation sites is 1. The van der Waals surface area contributed by atoms with Gasteiger partial charge in [-0.2, -0.15) is 0 Å². The number of anilines is 2.